The van der Waals surface area contributed by atoms with Crippen LogP contribution in [0.2, 0.25) is 0 Å². The molecule has 2 rings (SSSR count). The maximum absolute atomic E-state index is 12.8. The zero-order chi connectivity index (χ0) is 13.7. The number of rotatable bonds is 6. The first-order valence-electron chi connectivity index (χ1n) is 6.52. The molecule has 1 aromatic carbocycles. The van der Waals surface area contributed by atoms with Crippen molar-refractivity contribution < 1.29 is 4.39 Å². The highest BCUT2D eigenvalue weighted by Crippen LogP contribution is 2.17. The quantitative estimate of drug-likeness (QED) is 0.873. The Labute approximate surface area is 117 Å². The van der Waals surface area contributed by atoms with Gasteiger partial charge in [-0.05, 0) is 30.2 Å². The number of nitrogens with one attached hydrogen (secondary N) is 1. The molecule has 1 N–H and O–H groups in total. The van der Waals surface area contributed by atoms with Gasteiger partial charge in [-0.2, -0.15) is 0 Å². The standard InChI is InChI=1S/C15H19FN2S/c1-11(2)8-17-9-14-10-18-15(19-14)7-12-3-5-13(16)6-4-12/h3-6,10-11,17H,7-9H2,1-2H3. The molecule has 1 heterocycles. The highest BCUT2D eigenvalue weighted by molar-refractivity contribution is 7.11. The molecule has 0 spiro atoms. The van der Waals surface area contributed by atoms with Gasteiger partial charge in [-0.3, -0.25) is 0 Å². The summed E-state index contributed by atoms with van der Waals surface area (Å²) in [5.74, 6) is 0.466. The number of benzene rings is 1. The van der Waals surface area contributed by atoms with Crippen LogP contribution < -0.4 is 5.32 Å². The van der Waals surface area contributed by atoms with Gasteiger partial charge >= 0.3 is 0 Å². The third-order valence-electron chi connectivity index (χ3n) is 2.72. The van der Waals surface area contributed by atoms with Crippen molar-refractivity contribution in [2.75, 3.05) is 6.54 Å². The Kier molecular flexibility index (Phi) is 5.05. The minimum absolute atomic E-state index is 0.193. The van der Waals surface area contributed by atoms with Crippen LogP contribution in [-0.2, 0) is 13.0 Å². The minimum atomic E-state index is -0.193. The molecule has 2 aromatic rings. The van der Waals surface area contributed by atoms with Crippen LogP contribution in [0.5, 0.6) is 0 Å². The third kappa shape index (κ3) is 4.73. The number of halogens is 1. The van der Waals surface area contributed by atoms with Gasteiger partial charge in [0.1, 0.15) is 5.82 Å². The van der Waals surface area contributed by atoms with Crippen molar-refractivity contribution in [1.29, 1.82) is 0 Å². The lowest BCUT2D eigenvalue weighted by molar-refractivity contribution is 0.554. The van der Waals surface area contributed by atoms with E-state index in [0.717, 1.165) is 30.1 Å². The molecule has 0 saturated heterocycles. The van der Waals surface area contributed by atoms with Gasteiger partial charge in [0.05, 0.1) is 5.01 Å². The van der Waals surface area contributed by atoms with Gasteiger partial charge in [0.25, 0.3) is 0 Å². The fourth-order valence-electron chi connectivity index (χ4n) is 1.77. The molecule has 19 heavy (non-hydrogen) atoms. The maximum atomic E-state index is 12.8. The minimum Gasteiger partial charge on any atom is -0.312 e. The zero-order valence-corrected chi connectivity index (χ0v) is 12.1. The van der Waals surface area contributed by atoms with E-state index in [9.17, 15) is 4.39 Å². The maximum Gasteiger partial charge on any atom is 0.123 e. The average molecular weight is 278 g/mol. The van der Waals surface area contributed by atoms with Crippen molar-refractivity contribution in [1.82, 2.24) is 10.3 Å². The van der Waals surface area contributed by atoms with E-state index >= 15 is 0 Å². The smallest absolute Gasteiger partial charge is 0.123 e. The summed E-state index contributed by atoms with van der Waals surface area (Å²) < 4.78 is 12.8. The van der Waals surface area contributed by atoms with Crippen LogP contribution in [0.15, 0.2) is 30.5 Å². The Morgan fingerprint density at radius 2 is 2.00 bits per heavy atom. The highest BCUT2D eigenvalue weighted by Gasteiger charge is 2.04. The summed E-state index contributed by atoms with van der Waals surface area (Å²) in [6.07, 6.45) is 2.70. The molecular formula is C15H19FN2S. The third-order valence-corrected chi connectivity index (χ3v) is 3.72. The van der Waals surface area contributed by atoms with E-state index in [2.05, 4.69) is 24.1 Å². The number of aromatic nitrogens is 1. The molecule has 2 nitrogen and oxygen atoms in total. The van der Waals surface area contributed by atoms with Crippen molar-refractivity contribution in [2.24, 2.45) is 5.92 Å². The van der Waals surface area contributed by atoms with Gasteiger partial charge in [-0.15, -0.1) is 11.3 Å². The van der Waals surface area contributed by atoms with Crippen LogP contribution in [0.25, 0.3) is 0 Å². The van der Waals surface area contributed by atoms with Crippen LogP contribution in [0, 0.1) is 11.7 Å². The summed E-state index contributed by atoms with van der Waals surface area (Å²) in [4.78, 5) is 5.66. The predicted octanol–water partition coefficient (Wildman–Crippen LogP) is 3.62. The molecule has 1 aromatic heterocycles. The average Bonchev–Trinajstić information content (AvgIpc) is 2.79. The van der Waals surface area contributed by atoms with Crippen LogP contribution >= 0.6 is 11.3 Å². The molecule has 0 unspecified atom stereocenters. The number of thiazole rings is 1. The van der Waals surface area contributed by atoms with Crippen LogP contribution in [-0.4, -0.2) is 11.5 Å². The fraction of sp³-hybridized carbons (Fsp3) is 0.400. The topological polar surface area (TPSA) is 24.9 Å². The Hall–Kier alpha value is -1.26. The van der Waals surface area contributed by atoms with Crippen molar-refractivity contribution in [3.63, 3.8) is 0 Å². The molecule has 0 bridgehead atoms. The molecule has 0 radical (unpaired) electrons. The van der Waals surface area contributed by atoms with Gasteiger partial charge in [0, 0.05) is 24.0 Å². The summed E-state index contributed by atoms with van der Waals surface area (Å²) in [6.45, 7) is 6.28. The summed E-state index contributed by atoms with van der Waals surface area (Å²) in [5, 5.41) is 4.48. The molecule has 0 aliphatic heterocycles. The van der Waals surface area contributed by atoms with Crippen molar-refractivity contribution >= 4 is 11.3 Å². The summed E-state index contributed by atoms with van der Waals surface area (Å²) in [7, 11) is 0. The van der Waals surface area contributed by atoms with Crippen LogP contribution in [0.1, 0.15) is 29.3 Å². The second-order valence-electron chi connectivity index (χ2n) is 5.05. The predicted molar refractivity (Wildman–Crippen MR) is 77.9 cm³/mol. The first-order chi connectivity index (χ1) is 9.13. The van der Waals surface area contributed by atoms with E-state index in [1.807, 2.05) is 18.3 Å². The molecule has 0 aliphatic rings. The molecular weight excluding hydrogens is 259 g/mol. The molecule has 4 heteroatoms. The molecule has 0 amide bonds. The van der Waals surface area contributed by atoms with Gasteiger partial charge in [0.15, 0.2) is 0 Å². The Morgan fingerprint density at radius 1 is 1.26 bits per heavy atom. The second-order valence-corrected chi connectivity index (χ2v) is 6.25. The molecule has 0 atom stereocenters. The summed E-state index contributed by atoms with van der Waals surface area (Å²) in [6, 6.07) is 6.61. The van der Waals surface area contributed by atoms with E-state index in [1.165, 1.54) is 17.0 Å². The molecule has 102 valence electrons. The Morgan fingerprint density at radius 3 is 2.68 bits per heavy atom. The second kappa shape index (κ2) is 6.78. The fourth-order valence-corrected chi connectivity index (χ4v) is 2.70. The van der Waals surface area contributed by atoms with E-state index in [-0.39, 0.29) is 5.82 Å². The molecule has 0 fully saturated rings. The SMILES string of the molecule is CC(C)CNCc1cnc(Cc2ccc(F)cc2)s1. The van der Waals surface area contributed by atoms with Gasteiger partial charge in [-0.25, -0.2) is 9.37 Å². The normalized spacial score (nSPS) is 11.2. The number of nitrogens with zero attached hydrogens (tertiary/aromatic N) is 1. The Balaban J connectivity index is 1.88. The summed E-state index contributed by atoms with van der Waals surface area (Å²) >= 11 is 1.72. The van der Waals surface area contributed by atoms with Crippen LogP contribution in [0.3, 0.4) is 0 Å². The lowest BCUT2D eigenvalue weighted by Gasteiger charge is -2.04. The monoisotopic (exact) mass is 278 g/mol. The molecule has 0 aliphatic carbocycles. The number of hydrogen-bond acceptors (Lipinski definition) is 3. The van der Waals surface area contributed by atoms with Crippen molar-refractivity contribution in [3.05, 3.63) is 51.7 Å². The lowest BCUT2D eigenvalue weighted by atomic mass is 10.2. The largest absolute Gasteiger partial charge is 0.312 e. The summed E-state index contributed by atoms with van der Waals surface area (Å²) in [5.41, 5.74) is 1.09. The Bertz CT molecular complexity index is 505. The van der Waals surface area contributed by atoms with E-state index in [4.69, 9.17) is 0 Å². The van der Waals surface area contributed by atoms with Crippen molar-refractivity contribution in [3.8, 4) is 0 Å². The highest BCUT2D eigenvalue weighted by atomic mass is 32.1. The van der Waals surface area contributed by atoms with Gasteiger partial charge in [0.2, 0.25) is 0 Å². The van der Waals surface area contributed by atoms with Crippen molar-refractivity contribution in [2.45, 2.75) is 26.8 Å². The van der Waals surface area contributed by atoms with Gasteiger partial charge in [-0.1, -0.05) is 26.0 Å². The number of hydrogen-bond donors (Lipinski definition) is 1. The first-order valence-corrected chi connectivity index (χ1v) is 7.34. The van der Waals surface area contributed by atoms with Crippen LogP contribution in [0.4, 0.5) is 4.39 Å². The van der Waals surface area contributed by atoms with Gasteiger partial charge < -0.3 is 5.32 Å². The molecule has 0 saturated carbocycles. The van der Waals surface area contributed by atoms with E-state index in [1.54, 1.807) is 11.3 Å². The van der Waals surface area contributed by atoms with E-state index in [0.29, 0.717) is 5.92 Å². The zero-order valence-electron chi connectivity index (χ0n) is 11.3. The first kappa shape index (κ1) is 14.2. The van der Waals surface area contributed by atoms with E-state index < -0.39 is 0 Å². The lowest BCUT2D eigenvalue weighted by Crippen LogP contribution is -2.18.